The van der Waals surface area contributed by atoms with Gasteiger partial charge < -0.3 is 5.32 Å². The van der Waals surface area contributed by atoms with Crippen molar-refractivity contribution in [3.63, 3.8) is 0 Å². The van der Waals surface area contributed by atoms with Crippen molar-refractivity contribution in [3.05, 3.63) is 29.3 Å². The molecule has 0 aliphatic carbocycles. The Morgan fingerprint density at radius 2 is 2.21 bits per heavy atom. The van der Waals surface area contributed by atoms with E-state index in [1.165, 1.54) is 10.4 Å². The normalized spacial score (nSPS) is 21.0. The molecule has 6 heteroatoms. The molecule has 19 heavy (non-hydrogen) atoms. The molecule has 0 radical (unpaired) electrons. The Bertz CT molecular complexity index is 619. The summed E-state index contributed by atoms with van der Waals surface area (Å²) in [5.74, 6) is 0. The number of hydrogen-bond donors (Lipinski definition) is 1. The van der Waals surface area contributed by atoms with Crippen LogP contribution in [0.3, 0.4) is 0 Å². The Kier molecular flexibility index (Phi) is 3.90. The largest absolute Gasteiger partial charge is 0.314 e. The molecule has 0 aromatic heterocycles. The number of nitrogens with zero attached hydrogens (tertiary/aromatic N) is 2. The lowest BCUT2D eigenvalue weighted by atomic mass is 10.1. The molecule has 1 fully saturated rings. The Labute approximate surface area is 113 Å². The van der Waals surface area contributed by atoms with E-state index in [1.54, 1.807) is 19.1 Å². The van der Waals surface area contributed by atoms with Crippen LogP contribution >= 0.6 is 0 Å². The van der Waals surface area contributed by atoms with Crippen LogP contribution in [-0.2, 0) is 10.0 Å². The molecule has 102 valence electrons. The van der Waals surface area contributed by atoms with E-state index in [0.29, 0.717) is 25.2 Å². The third-order valence-corrected chi connectivity index (χ3v) is 5.43. The number of nitriles is 1. The Morgan fingerprint density at radius 1 is 1.47 bits per heavy atom. The highest BCUT2D eigenvalue weighted by Gasteiger charge is 2.32. The van der Waals surface area contributed by atoms with Crippen molar-refractivity contribution in [1.82, 2.24) is 9.62 Å². The van der Waals surface area contributed by atoms with Crippen LogP contribution in [0.1, 0.15) is 18.1 Å². The first-order valence-corrected chi connectivity index (χ1v) is 7.64. The lowest BCUT2D eigenvalue weighted by Gasteiger charge is -2.33. The number of piperazine rings is 1. The zero-order chi connectivity index (χ0) is 14.0. The van der Waals surface area contributed by atoms with Gasteiger partial charge in [-0.15, -0.1) is 0 Å². The zero-order valence-electron chi connectivity index (χ0n) is 11.0. The summed E-state index contributed by atoms with van der Waals surface area (Å²) in [5, 5.41) is 12.3. The van der Waals surface area contributed by atoms with Gasteiger partial charge in [0.25, 0.3) is 0 Å². The lowest BCUT2D eigenvalue weighted by Crippen LogP contribution is -2.52. The predicted molar refractivity (Wildman–Crippen MR) is 72.1 cm³/mol. The van der Waals surface area contributed by atoms with Crippen molar-refractivity contribution in [1.29, 1.82) is 5.26 Å². The van der Waals surface area contributed by atoms with Gasteiger partial charge in [0.05, 0.1) is 5.56 Å². The number of rotatable bonds is 2. The molecule has 1 aliphatic heterocycles. The molecule has 1 unspecified atom stereocenters. The van der Waals surface area contributed by atoms with Crippen molar-refractivity contribution < 1.29 is 8.42 Å². The summed E-state index contributed by atoms with van der Waals surface area (Å²) in [6.45, 7) is 5.32. The number of nitrogens with one attached hydrogen (secondary N) is 1. The second kappa shape index (κ2) is 5.29. The SMILES string of the molecule is Cc1cccc(S(=O)(=O)N2CCNCC2C)c1C#N. The Balaban J connectivity index is 2.51. The van der Waals surface area contributed by atoms with E-state index in [2.05, 4.69) is 5.32 Å². The summed E-state index contributed by atoms with van der Waals surface area (Å²) >= 11 is 0. The molecule has 1 atom stereocenters. The van der Waals surface area contributed by atoms with Crippen LogP contribution in [0.2, 0.25) is 0 Å². The van der Waals surface area contributed by atoms with E-state index in [1.807, 2.05) is 13.0 Å². The van der Waals surface area contributed by atoms with Gasteiger partial charge in [0.1, 0.15) is 11.0 Å². The number of hydrogen-bond acceptors (Lipinski definition) is 4. The van der Waals surface area contributed by atoms with Gasteiger partial charge in [-0.3, -0.25) is 0 Å². The molecule has 1 aromatic carbocycles. The van der Waals surface area contributed by atoms with Gasteiger partial charge in [-0.05, 0) is 25.5 Å². The van der Waals surface area contributed by atoms with Crippen molar-refractivity contribution in [3.8, 4) is 6.07 Å². The van der Waals surface area contributed by atoms with Crippen molar-refractivity contribution in [2.45, 2.75) is 24.8 Å². The van der Waals surface area contributed by atoms with Gasteiger partial charge in [-0.2, -0.15) is 9.57 Å². The van der Waals surface area contributed by atoms with E-state index < -0.39 is 10.0 Å². The summed E-state index contributed by atoms with van der Waals surface area (Å²) in [6.07, 6.45) is 0. The summed E-state index contributed by atoms with van der Waals surface area (Å²) in [6, 6.07) is 6.83. The Hall–Kier alpha value is -1.42. The van der Waals surface area contributed by atoms with Crippen LogP contribution in [0.4, 0.5) is 0 Å². The molecule has 1 aromatic rings. The van der Waals surface area contributed by atoms with E-state index in [9.17, 15) is 13.7 Å². The molecule has 1 saturated heterocycles. The number of sulfonamides is 1. The summed E-state index contributed by atoms with van der Waals surface area (Å²) < 4.78 is 26.8. The molecule has 0 spiro atoms. The molecule has 1 N–H and O–H groups in total. The van der Waals surface area contributed by atoms with Gasteiger partial charge >= 0.3 is 0 Å². The van der Waals surface area contributed by atoms with E-state index in [4.69, 9.17) is 0 Å². The fourth-order valence-corrected chi connectivity index (χ4v) is 4.15. The molecule has 1 aliphatic rings. The molecule has 2 rings (SSSR count). The van der Waals surface area contributed by atoms with Crippen LogP contribution < -0.4 is 5.32 Å². The zero-order valence-corrected chi connectivity index (χ0v) is 11.9. The third-order valence-electron chi connectivity index (χ3n) is 3.37. The predicted octanol–water partition coefficient (Wildman–Crippen LogP) is 0.849. The van der Waals surface area contributed by atoms with Gasteiger partial charge in [-0.1, -0.05) is 12.1 Å². The van der Waals surface area contributed by atoms with Gasteiger partial charge in [0, 0.05) is 25.7 Å². The van der Waals surface area contributed by atoms with Crippen LogP contribution in [0.25, 0.3) is 0 Å². The second-order valence-electron chi connectivity index (χ2n) is 4.73. The minimum Gasteiger partial charge on any atom is -0.314 e. The quantitative estimate of drug-likeness (QED) is 0.871. The van der Waals surface area contributed by atoms with Crippen LogP contribution in [-0.4, -0.2) is 38.4 Å². The fraction of sp³-hybridized carbons (Fsp3) is 0.462. The molecular formula is C13H17N3O2S. The van der Waals surface area contributed by atoms with E-state index in [-0.39, 0.29) is 16.5 Å². The highest BCUT2D eigenvalue weighted by Crippen LogP contribution is 2.24. The monoisotopic (exact) mass is 279 g/mol. The molecule has 5 nitrogen and oxygen atoms in total. The summed E-state index contributed by atoms with van der Waals surface area (Å²) in [5.41, 5.74) is 0.930. The first-order chi connectivity index (χ1) is 8.98. The smallest absolute Gasteiger partial charge is 0.244 e. The molecule has 0 bridgehead atoms. The van der Waals surface area contributed by atoms with E-state index >= 15 is 0 Å². The van der Waals surface area contributed by atoms with Gasteiger partial charge in [0.2, 0.25) is 10.0 Å². The second-order valence-corrected chi connectivity index (χ2v) is 6.59. The first kappa shape index (κ1) is 14.0. The van der Waals surface area contributed by atoms with Crippen LogP contribution in [0.15, 0.2) is 23.1 Å². The lowest BCUT2D eigenvalue weighted by molar-refractivity contribution is 0.284. The van der Waals surface area contributed by atoms with E-state index in [0.717, 1.165) is 0 Å². The molecule has 0 saturated carbocycles. The standard InChI is InChI=1S/C13H17N3O2S/c1-10-4-3-5-13(12(10)8-14)19(17,18)16-7-6-15-9-11(16)2/h3-5,11,15H,6-7,9H2,1-2H3. The molecule has 1 heterocycles. The van der Waals surface area contributed by atoms with Gasteiger partial charge in [0.15, 0.2) is 0 Å². The van der Waals surface area contributed by atoms with Crippen LogP contribution in [0, 0.1) is 18.3 Å². The number of benzene rings is 1. The molecule has 0 amide bonds. The minimum absolute atomic E-state index is 0.106. The maximum Gasteiger partial charge on any atom is 0.244 e. The minimum atomic E-state index is -3.61. The third kappa shape index (κ3) is 2.50. The maximum atomic E-state index is 12.7. The average Bonchev–Trinajstić information content (AvgIpc) is 2.38. The maximum absolute atomic E-state index is 12.7. The summed E-state index contributed by atoms with van der Waals surface area (Å²) in [4.78, 5) is 0.115. The van der Waals surface area contributed by atoms with Crippen LogP contribution in [0.5, 0.6) is 0 Å². The van der Waals surface area contributed by atoms with Gasteiger partial charge in [-0.25, -0.2) is 8.42 Å². The summed E-state index contributed by atoms with van der Waals surface area (Å²) in [7, 11) is -3.61. The van der Waals surface area contributed by atoms with Crippen molar-refractivity contribution in [2.75, 3.05) is 19.6 Å². The van der Waals surface area contributed by atoms with Crippen molar-refractivity contribution >= 4 is 10.0 Å². The fourth-order valence-electron chi connectivity index (χ4n) is 2.30. The topological polar surface area (TPSA) is 73.2 Å². The molecular weight excluding hydrogens is 262 g/mol. The van der Waals surface area contributed by atoms with Crippen molar-refractivity contribution in [2.24, 2.45) is 0 Å². The Morgan fingerprint density at radius 3 is 2.84 bits per heavy atom. The highest BCUT2D eigenvalue weighted by atomic mass is 32.2. The number of aryl methyl sites for hydroxylation is 1. The highest BCUT2D eigenvalue weighted by molar-refractivity contribution is 7.89. The average molecular weight is 279 g/mol. The first-order valence-electron chi connectivity index (χ1n) is 6.20.